The minimum absolute atomic E-state index is 0.0395. The predicted octanol–water partition coefficient (Wildman–Crippen LogP) is 1.71. The molecular formula is C10H11ClN2O2. The van der Waals surface area contributed by atoms with Crippen molar-refractivity contribution in [1.82, 2.24) is 4.98 Å². The summed E-state index contributed by atoms with van der Waals surface area (Å²) >= 11 is 5.68. The first-order chi connectivity index (χ1) is 7.25. The lowest BCUT2D eigenvalue weighted by Crippen LogP contribution is -2.23. The number of hydrogen-bond acceptors (Lipinski definition) is 3. The number of rotatable bonds is 2. The van der Waals surface area contributed by atoms with Crippen molar-refractivity contribution in [2.24, 2.45) is 5.92 Å². The molecule has 1 saturated heterocycles. The van der Waals surface area contributed by atoms with Gasteiger partial charge in [-0.05, 0) is 18.6 Å². The predicted molar refractivity (Wildman–Crippen MR) is 56.8 cm³/mol. The number of nitrogens with zero attached hydrogens (tertiary/aromatic N) is 1. The summed E-state index contributed by atoms with van der Waals surface area (Å²) in [5.74, 6) is 0.432. The molecule has 1 fully saturated rings. The van der Waals surface area contributed by atoms with Gasteiger partial charge in [0.25, 0.3) is 0 Å². The third kappa shape index (κ3) is 2.67. The van der Waals surface area contributed by atoms with Crippen molar-refractivity contribution in [3.05, 3.63) is 23.4 Å². The molecule has 4 nitrogen and oxygen atoms in total. The van der Waals surface area contributed by atoms with Gasteiger partial charge in [-0.3, -0.25) is 4.79 Å². The van der Waals surface area contributed by atoms with Gasteiger partial charge >= 0.3 is 0 Å². The van der Waals surface area contributed by atoms with Crippen LogP contribution < -0.4 is 5.32 Å². The van der Waals surface area contributed by atoms with E-state index in [-0.39, 0.29) is 11.8 Å². The van der Waals surface area contributed by atoms with Crippen LogP contribution in [0.15, 0.2) is 18.3 Å². The lowest BCUT2D eigenvalue weighted by Gasteiger charge is -2.08. The van der Waals surface area contributed by atoms with Crippen LogP contribution in [0.3, 0.4) is 0 Å². The summed E-state index contributed by atoms with van der Waals surface area (Å²) in [6.07, 6.45) is 2.28. The number of carbonyl (C=O) groups excluding carboxylic acids is 1. The Bertz CT molecular complexity index is 347. The number of pyridine rings is 1. The van der Waals surface area contributed by atoms with Gasteiger partial charge in [0, 0.05) is 12.8 Å². The summed E-state index contributed by atoms with van der Waals surface area (Å²) in [4.78, 5) is 15.6. The molecule has 5 heteroatoms. The number of halogens is 1. The van der Waals surface area contributed by atoms with E-state index in [0.29, 0.717) is 24.1 Å². The molecule has 0 aliphatic carbocycles. The first-order valence-electron chi connectivity index (χ1n) is 4.76. The van der Waals surface area contributed by atoms with Gasteiger partial charge in [-0.2, -0.15) is 0 Å². The Balaban J connectivity index is 1.96. The molecule has 2 rings (SSSR count). The number of aromatic nitrogens is 1. The van der Waals surface area contributed by atoms with Gasteiger partial charge in [0.15, 0.2) is 0 Å². The van der Waals surface area contributed by atoms with Crippen molar-refractivity contribution in [2.75, 3.05) is 18.5 Å². The molecule has 0 saturated carbocycles. The highest BCUT2D eigenvalue weighted by Gasteiger charge is 2.23. The zero-order valence-electron chi connectivity index (χ0n) is 8.07. The van der Waals surface area contributed by atoms with Gasteiger partial charge in [-0.15, -0.1) is 0 Å². The van der Waals surface area contributed by atoms with Gasteiger partial charge in [0.1, 0.15) is 5.82 Å². The molecule has 1 aromatic heterocycles. The average molecular weight is 227 g/mol. The first kappa shape index (κ1) is 10.4. The Morgan fingerprint density at radius 3 is 3.07 bits per heavy atom. The van der Waals surface area contributed by atoms with E-state index in [2.05, 4.69) is 10.3 Å². The lowest BCUT2D eigenvalue weighted by molar-refractivity contribution is -0.119. The quantitative estimate of drug-likeness (QED) is 0.835. The largest absolute Gasteiger partial charge is 0.381 e. The van der Waals surface area contributed by atoms with E-state index in [1.54, 1.807) is 12.1 Å². The van der Waals surface area contributed by atoms with E-state index >= 15 is 0 Å². The molecule has 0 aromatic carbocycles. The summed E-state index contributed by atoms with van der Waals surface area (Å²) in [5.41, 5.74) is 0. The Labute approximate surface area is 92.6 Å². The second kappa shape index (κ2) is 4.59. The van der Waals surface area contributed by atoms with Gasteiger partial charge in [0.05, 0.1) is 17.5 Å². The molecule has 1 N–H and O–H groups in total. The average Bonchev–Trinajstić information content (AvgIpc) is 2.74. The third-order valence-electron chi connectivity index (χ3n) is 2.28. The van der Waals surface area contributed by atoms with Gasteiger partial charge < -0.3 is 10.1 Å². The van der Waals surface area contributed by atoms with Crippen LogP contribution in [0.25, 0.3) is 0 Å². The highest BCUT2D eigenvalue weighted by atomic mass is 35.5. The highest BCUT2D eigenvalue weighted by molar-refractivity contribution is 6.30. The maximum Gasteiger partial charge on any atom is 0.231 e. The number of ether oxygens (including phenoxy) is 1. The van der Waals surface area contributed by atoms with Crippen molar-refractivity contribution in [3.8, 4) is 0 Å². The Kier molecular flexibility index (Phi) is 3.18. The van der Waals surface area contributed by atoms with Crippen LogP contribution >= 0.6 is 11.6 Å². The van der Waals surface area contributed by atoms with Gasteiger partial charge in [0.2, 0.25) is 5.91 Å². The molecule has 0 bridgehead atoms. The number of amides is 1. The monoisotopic (exact) mass is 226 g/mol. The third-order valence-corrected chi connectivity index (χ3v) is 2.50. The van der Waals surface area contributed by atoms with Crippen LogP contribution in [-0.4, -0.2) is 24.1 Å². The standard InChI is InChI=1S/C10H11ClN2O2/c11-8-1-2-9(12-5-8)13-10(14)7-3-4-15-6-7/h1-2,5,7H,3-4,6H2,(H,12,13,14). The van der Waals surface area contributed by atoms with Crippen molar-refractivity contribution >= 4 is 23.3 Å². The van der Waals surface area contributed by atoms with Crippen molar-refractivity contribution in [3.63, 3.8) is 0 Å². The molecule has 1 aromatic rings. The molecule has 1 amide bonds. The van der Waals surface area contributed by atoms with Crippen molar-refractivity contribution in [2.45, 2.75) is 6.42 Å². The van der Waals surface area contributed by atoms with Crippen LogP contribution in [-0.2, 0) is 9.53 Å². The summed E-state index contributed by atoms with van der Waals surface area (Å²) in [5, 5.41) is 3.28. The van der Waals surface area contributed by atoms with Crippen molar-refractivity contribution < 1.29 is 9.53 Å². The van der Waals surface area contributed by atoms with E-state index in [9.17, 15) is 4.79 Å². The maximum atomic E-state index is 11.6. The smallest absolute Gasteiger partial charge is 0.231 e. The molecular weight excluding hydrogens is 216 g/mol. The van der Waals surface area contributed by atoms with Gasteiger partial charge in [-0.1, -0.05) is 11.6 Å². The molecule has 15 heavy (non-hydrogen) atoms. The number of hydrogen-bond donors (Lipinski definition) is 1. The molecule has 0 spiro atoms. The topological polar surface area (TPSA) is 51.2 Å². The van der Waals surface area contributed by atoms with Crippen LogP contribution in [0, 0.1) is 5.92 Å². The fraction of sp³-hybridized carbons (Fsp3) is 0.400. The Hall–Kier alpha value is -1.13. The molecule has 0 radical (unpaired) electrons. The van der Waals surface area contributed by atoms with E-state index in [1.165, 1.54) is 6.20 Å². The molecule has 2 heterocycles. The number of nitrogens with one attached hydrogen (secondary N) is 1. The molecule has 1 unspecified atom stereocenters. The van der Waals surface area contributed by atoms with Crippen LogP contribution in [0.2, 0.25) is 5.02 Å². The highest BCUT2D eigenvalue weighted by Crippen LogP contribution is 2.15. The fourth-order valence-corrected chi connectivity index (χ4v) is 1.53. The summed E-state index contributed by atoms with van der Waals surface area (Å²) in [6.45, 7) is 1.16. The zero-order chi connectivity index (χ0) is 10.7. The Morgan fingerprint density at radius 2 is 2.47 bits per heavy atom. The number of carbonyl (C=O) groups is 1. The van der Waals surface area contributed by atoms with Crippen LogP contribution in [0.4, 0.5) is 5.82 Å². The minimum Gasteiger partial charge on any atom is -0.381 e. The lowest BCUT2D eigenvalue weighted by atomic mass is 10.1. The summed E-state index contributed by atoms with van der Waals surface area (Å²) in [6, 6.07) is 3.37. The summed E-state index contributed by atoms with van der Waals surface area (Å²) in [7, 11) is 0. The molecule has 80 valence electrons. The zero-order valence-corrected chi connectivity index (χ0v) is 8.83. The Morgan fingerprint density at radius 1 is 1.60 bits per heavy atom. The molecule has 1 aliphatic rings. The van der Waals surface area contributed by atoms with Crippen molar-refractivity contribution in [1.29, 1.82) is 0 Å². The second-order valence-electron chi connectivity index (χ2n) is 3.41. The fourth-order valence-electron chi connectivity index (χ4n) is 1.42. The van der Waals surface area contributed by atoms with E-state index < -0.39 is 0 Å². The molecule has 1 aliphatic heterocycles. The molecule has 1 atom stereocenters. The van der Waals surface area contributed by atoms with E-state index in [4.69, 9.17) is 16.3 Å². The number of anilines is 1. The minimum atomic E-state index is -0.0533. The van der Waals surface area contributed by atoms with Gasteiger partial charge in [-0.25, -0.2) is 4.98 Å². The first-order valence-corrected chi connectivity index (χ1v) is 5.13. The second-order valence-corrected chi connectivity index (χ2v) is 3.85. The van der Waals surface area contributed by atoms with E-state index in [1.807, 2.05) is 0 Å². The van der Waals surface area contributed by atoms with Crippen LogP contribution in [0.5, 0.6) is 0 Å². The maximum absolute atomic E-state index is 11.6. The van der Waals surface area contributed by atoms with E-state index in [0.717, 1.165) is 6.42 Å². The normalized spacial score (nSPS) is 20.2. The summed E-state index contributed by atoms with van der Waals surface area (Å²) < 4.78 is 5.13. The van der Waals surface area contributed by atoms with Crippen LogP contribution in [0.1, 0.15) is 6.42 Å². The SMILES string of the molecule is O=C(Nc1ccc(Cl)cn1)C1CCOC1.